The molecule has 1 aromatic rings. The molecule has 0 saturated carbocycles. The molecule has 16 heavy (non-hydrogen) atoms. The van der Waals surface area contributed by atoms with E-state index in [2.05, 4.69) is 5.32 Å². The van der Waals surface area contributed by atoms with Crippen molar-refractivity contribution in [1.82, 2.24) is 5.32 Å². The number of nitrogens with one attached hydrogen (secondary N) is 1. The van der Waals surface area contributed by atoms with Crippen LogP contribution >= 0.6 is 0 Å². The van der Waals surface area contributed by atoms with Crippen molar-refractivity contribution in [3.63, 3.8) is 0 Å². The van der Waals surface area contributed by atoms with Crippen molar-refractivity contribution in [1.29, 1.82) is 0 Å². The fourth-order valence-electron chi connectivity index (χ4n) is 1.42. The van der Waals surface area contributed by atoms with Crippen molar-refractivity contribution in [2.75, 3.05) is 6.54 Å². The van der Waals surface area contributed by atoms with Gasteiger partial charge in [0, 0.05) is 25.4 Å². The van der Waals surface area contributed by atoms with Gasteiger partial charge in [-0.1, -0.05) is 26.0 Å². The zero-order valence-electron chi connectivity index (χ0n) is 9.79. The van der Waals surface area contributed by atoms with Crippen LogP contribution in [0.15, 0.2) is 24.3 Å². The van der Waals surface area contributed by atoms with E-state index in [0.717, 1.165) is 5.56 Å². The third-order valence-electron chi connectivity index (χ3n) is 2.27. The second-order valence-corrected chi connectivity index (χ2v) is 4.20. The number of carbonyl (C=O) groups excluding carboxylic acids is 1. The summed E-state index contributed by atoms with van der Waals surface area (Å²) in [6, 6.07) is 6.48. The van der Waals surface area contributed by atoms with E-state index in [9.17, 15) is 9.18 Å². The van der Waals surface area contributed by atoms with Crippen LogP contribution in [0.25, 0.3) is 0 Å². The van der Waals surface area contributed by atoms with E-state index in [1.165, 1.54) is 12.1 Å². The van der Waals surface area contributed by atoms with Crippen LogP contribution in [0.1, 0.15) is 25.8 Å². The molecule has 3 heteroatoms. The predicted octanol–water partition coefficient (Wildman–Crippen LogP) is 2.33. The molecule has 1 rings (SSSR count). The number of benzene rings is 1. The van der Waals surface area contributed by atoms with Crippen molar-refractivity contribution in [2.24, 2.45) is 0 Å². The summed E-state index contributed by atoms with van der Waals surface area (Å²) in [5.74, 6) is -0.0857. The molecular weight excluding hydrogens is 205 g/mol. The third-order valence-corrected chi connectivity index (χ3v) is 2.27. The molecule has 0 amide bonds. The fourth-order valence-corrected chi connectivity index (χ4v) is 1.42. The van der Waals surface area contributed by atoms with Gasteiger partial charge in [0.05, 0.1) is 0 Å². The van der Waals surface area contributed by atoms with Crippen LogP contribution in [-0.2, 0) is 11.2 Å². The first-order chi connectivity index (χ1) is 7.58. The molecule has 0 atom stereocenters. The molecule has 0 unspecified atom stereocenters. The Morgan fingerprint density at radius 3 is 2.50 bits per heavy atom. The van der Waals surface area contributed by atoms with E-state index in [1.54, 1.807) is 12.1 Å². The Morgan fingerprint density at radius 1 is 1.31 bits per heavy atom. The van der Waals surface area contributed by atoms with Gasteiger partial charge in [-0.25, -0.2) is 4.39 Å². The van der Waals surface area contributed by atoms with Gasteiger partial charge >= 0.3 is 0 Å². The summed E-state index contributed by atoms with van der Waals surface area (Å²) in [5, 5.41) is 3.19. The van der Waals surface area contributed by atoms with Gasteiger partial charge in [0.15, 0.2) is 0 Å². The molecule has 88 valence electrons. The predicted molar refractivity (Wildman–Crippen MR) is 62.9 cm³/mol. The molecule has 0 aliphatic carbocycles. The van der Waals surface area contributed by atoms with Crippen LogP contribution in [0.5, 0.6) is 0 Å². The van der Waals surface area contributed by atoms with Gasteiger partial charge in [0.25, 0.3) is 0 Å². The Balaban J connectivity index is 2.31. The summed E-state index contributed by atoms with van der Waals surface area (Å²) in [5.41, 5.74) is 0.871. The maximum atomic E-state index is 12.6. The Labute approximate surface area is 95.9 Å². The zero-order valence-corrected chi connectivity index (χ0v) is 9.79. The number of rotatable bonds is 6. The molecule has 0 aromatic heterocycles. The van der Waals surface area contributed by atoms with Crippen molar-refractivity contribution in [3.8, 4) is 0 Å². The van der Waals surface area contributed by atoms with E-state index in [1.807, 2.05) is 13.8 Å². The number of Topliss-reactive ketones (excluding diaryl/α,β-unsaturated/α-hetero) is 1. The second kappa shape index (κ2) is 6.38. The molecule has 0 aliphatic rings. The lowest BCUT2D eigenvalue weighted by molar-refractivity contribution is -0.118. The monoisotopic (exact) mass is 223 g/mol. The third kappa shape index (κ3) is 5.03. The minimum atomic E-state index is -0.266. The van der Waals surface area contributed by atoms with Gasteiger partial charge in [-0.3, -0.25) is 4.79 Å². The highest BCUT2D eigenvalue weighted by atomic mass is 19.1. The fraction of sp³-hybridized carbons (Fsp3) is 0.462. The Hall–Kier alpha value is -1.22. The highest BCUT2D eigenvalue weighted by Gasteiger charge is 2.04. The van der Waals surface area contributed by atoms with E-state index < -0.39 is 0 Å². The summed E-state index contributed by atoms with van der Waals surface area (Å²) in [6.07, 6.45) is 0.912. The van der Waals surface area contributed by atoms with Crippen LogP contribution in [0.2, 0.25) is 0 Å². The van der Waals surface area contributed by atoms with Gasteiger partial charge in [-0.05, 0) is 17.7 Å². The largest absolute Gasteiger partial charge is 0.314 e. The maximum absolute atomic E-state index is 12.6. The highest BCUT2D eigenvalue weighted by molar-refractivity contribution is 5.80. The summed E-state index contributed by atoms with van der Waals surface area (Å²) in [7, 11) is 0. The van der Waals surface area contributed by atoms with Gasteiger partial charge in [0.2, 0.25) is 0 Å². The van der Waals surface area contributed by atoms with Crippen LogP contribution < -0.4 is 5.32 Å². The summed E-state index contributed by atoms with van der Waals surface area (Å²) in [4.78, 5) is 11.5. The minimum absolute atomic E-state index is 0.180. The van der Waals surface area contributed by atoms with Crippen molar-refractivity contribution in [2.45, 2.75) is 32.7 Å². The number of hydrogen-bond acceptors (Lipinski definition) is 2. The molecule has 1 aromatic carbocycles. The van der Waals surface area contributed by atoms with Crippen LogP contribution in [0.4, 0.5) is 4.39 Å². The Bertz CT molecular complexity index is 332. The van der Waals surface area contributed by atoms with Crippen LogP contribution in [-0.4, -0.2) is 18.4 Å². The normalized spacial score (nSPS) is 10.8. The maximum Gasteiger partial charge on any atom is 0.138 e. The molecule has 0 bridgehead atoms. The molecule has 0 saturated heterocycles. The Morgan fingerprint density at radius 2 is 1.94 bits per heavy atom. The topological polar surface area (TPSA) is 29.1 Å². The van der Waals surface area contributed by atoms with Crippen molar-refractivity contribution < 1.29 is 9.18 Å². The molecule has 2 nitrogen and oxygen atoms in total. The minimum Gasteiger partial charge on any atom is -0.314 e. The first-order valence-corrected chi connectivity index (χ1v) is 5.57. The SMILES string of the molecule is CC(C)NCCC(=O)Cc1ccc(F)cc1. The van der Waals surface area contributed by atoms with Gasteiger partial charge < -0.3 is 5.32 Å². The molecule has 0 spiro atoms. The van der Waals surface area contributed by atoms with E-state index in [-0.39, 0.29) is 11.6 Å². The Kier molecular flexibility index (Phi) is 5.12. The molecule has 0 aliphatic heterocycles. The van der Waals surface area contributed by atoms with Crippen molar-refractivity contribution in [3.05, 3.63) is 35.6 Å². The van der Waals surface area contributed by atoms with Crippen LogP contribution in [0, 0.1) is 5.82 Å². The van der Waals surface area contributed by atoms with Crippen molar-refractivity contribution >= 4 is 5.78 Å². The summed E-state index contributed by atoms with van der Waals surface area (Å²) in [6.45, 7) is 4.80. The van der Waals surface area contributed by atoms with Gasteiger partial charge in [-0.15, -0.1) is 0 Å². The molecule has 1 N–H and O–H groups in total. The summed E-state index contributed by atoms with van der Waals surface area (Å²) >= 11 is 0. The average Bonchev–Trinajstić information content (AvgIpc) is 2.21. The quantitative estimate of drug-likeness (QED) is 0.802. The van der Waals surface area contributed by atoms with E-state index in [4.69, 9.17) is 0 Å². The first-order valence-electron chi connectivity index (χ1n) is 5.57. The van der Waals surface area contributed by atoms with Crippen LogP contribution in [0.3, 0.4) is 0 Å². The standard InChI is InChI=1S/C13H18FNO/c1-10(2)15-8-7-13(16)9-11-3-5-12(14)6-4-11/h3-6,10,15H,7-9H2,1-2H3. The molecule has 0 heterocycles. The van der Waals surface area contributed by atoms with Gasteiger partial charge in [-0.2, -0.15) is 0 Å². The lowest BCUT2D eigenvalue weighted by atomic mass is 10.1. The highest BCUT2D eigenvalue weighted by Crippen LogP contribution is 2.04. The number of ketones is 1. The lowest BCUT2D eigenvalue weighted by Crippen LogP contribution is -2.25. The average molecular weight is 223 g/mol. The van der Waals surface area contributed by atoms with E-state index in [0.29, 0.717) is 25.4 Å². The second-order valence-electron chi connectivity index (χ2n) is 4.20. The molecule has 0 fully saturated rings. The molecule has 0 radical (unpaired) electrons. The zero-order chi connectivity index (χ0) is 12.0. The van der Waals surface area contributed by atoms with Gasteiger partial charge in [0.1, 0.15) is 11.6 Å². The number of hydrogen-bond donors (Lipinski definition) is 1. The smallest absolute Gasteiger partial charge is 0.138 e. The summed E-state index contributed by atoms with van der Waals surface area (Å²) < 4.78 is 12.6. The number of carbonyl (C=O) groups is 1. The lowest BCUT2D eigenvalue weighted by Gasteiger charge is -2.07. The number of halogens is 1. The molecular formula is C13H18FNO. The van der Waals surface area contributed by atoms with E-state index >= 15 is 0 Å². The first kappa shape index (κ1) is 12.8.